The zero-order chi connectivity index (χ0) is 13.1. The van der Waals surface area contributed by atoms with Crippen LogP contribution in [0.4, 0.5) is 0 Å². The number of aromatic nitrogens is 2. The summed E-state index contributed by atoms with van der Waals surface area (Å²) in [4.78, 5) is 8.04. The molecule has 0 aliphatic heterocycles. The molecule has 0 saturated carbocycles. The van der Waals surface area contributed by atoms with Crippen LogP contribution < -0.4 is 5.73 Å². The molecule has 0 aliphatic carbocycles. The molecule has 3 aromatic rings. The summed E-state index contributed by atoms with van der Waals surface area (Å²) in [5.41, 5.74) is 10.3. The first kappa shape index (κ1) is 11.9. The van der Waals surface area contributed by atoms with Gasteiger partial charge in [0.1, 0.15) is 5.82 Å². The molecule has 0 spiro atoms. The lowest BCUT2D eigenvalue weighted by Crippen LogP contribution is -1.97. The minimum Gasteiger partial charge on any atom is -0.342 e. The van der Waals surface area contributed by atoms with Crippen LogP contribution in [0.2, 0.25) is 0 Å². The van der Waals surface area contributed by atoms with Gasteiger partial charge in [-0.15, -0.1) is 0 Å². The van der Waals surface area contributed by atoms with E-state index in [2.05, 4.69) is 34.2 Å². The highest BCUT2D eigenvalue weighted by Gasteiger charge is 2.06. The molecule has 0 fully saturated rings. The van der Waals surface area contributed by atoms with Gasteiger partial charge in [0.2, 0.25) is 0 Å². The van der Waals surface area contributed by atoms with Gasteiger partial charge in [0.25, 0.3) is 0 Å². The Morgan fingerprint density at radius 1 is 0.947 bits per heavy atom. The van der Waals surface area contributed by atoms with Crippen molar-refractivity contribution in [1.29, 1.82) is 0 Å². The quantitative estimate of drug-likeness (QED) is 0.749. The molecule has 0 unspecified atom stereocenters. The number of fused-ring (bicyclic) bond motifs is 1. The Morgan fingerprint density at radius 2 is 1.79 bits per heavy atom. The third kappa shape index (κ3) is 2.51. The van der Waals surface area contributed by atoms with Crippen molar-refractivity contribution in [2.45, 2.75) is 19.4 Å². The molecule has 3 heteroatoms. The van der Waals surface area contributed by atoms with E-state index in [9.17, 15) is 0 Å². The Bertz CT molecular complexity index is 671. The van der Waals surface area contributed by atoms with Crippen LogP contribution in [0.15, 0.2) is 48.5 Å². The normalized spacial score (nSPS) is 11.0. The minimum absolute atomic E-state index is 0.528. The van der Waals surface area contributed by atoms with Crippen LogP contribution in [-0.2, 0) is 19.4 Å². The molecule has 0 amide bonds. The number of H-pyrrole nitrogens is 1. The molecule has 96 valence electrons. The minimum atomic E-state index is 0.528. The van der Waals surface area contributed by atoms with Crippen LogP contribution in [0.1, 0.15) is 17.0 Å². The van der Waals surface area contributed by atoms with E-state index < -0.39 is 0 Å². The lowest BCUT2D eigenvalue weighted by Gasteiger charge is -1.98. The molecule has 0 radical (unpaired) electrons. The van der Waals surface area contributed by atoms with Crippen LogP contribution >= 0.6 is 0 Å². The highest BCUT2D eigenvalue weighted by Crippen LogP contribution is 2.17. The lowest BCUT2D eigenvalue weighted by molar-refractivity contribution is 0.889. The summed E-state index contributed by atoms with van der Waals surface area (Å²) < 4.78 is 0. The van der Waals surface area contributed by atoms with Crippen molar-refractivity contribution < 1.29 is 0 Å². The van der Waals surface area contributed by atoms with Gasteiger partial charge >= 0.3 is 0 Å². The number of nitrogens with zero attached hydrogens (tertiary/aromatic N) is 1. The number of imidazole rings is 1. The molecule has 0 saturated heterocycles. The molecule has 19 heavy (non-hydrogen) atoms. The Hall–Kier alpha value is -2.13. The third-order valence-electron chi connectivity index (χ3n) is 3.36. The van der Waals surface area contributed by atoms with Gasteiger partial charge in [-0.3, -0.25) is 0 Å². The molecule has 3 rings (SSSR count). The summed E-state index contributed by atoms with van der Waals surface area (Å²) in [5.74, 6) is 1.03. The molecule has 0 aliphatic rings. The Kier molecular flexibility index (Phi) is 3.29. The fourth-order valence-electron chi connectivity index (χ4n) is 2.33. The Morgan fingerprint density at radius 3 is 2.58 bits per heavy atom. The highest BCUT2D eigenvalue weighted by atomic mass is 14.9. The smallest absolute Gasteiger partial charge is 0.107 e. The Labute approximate surface area is 112 Å². The van der Waals surface area contributed by atoms with Crippen molar-refractivity contribution in [1.82, 2.24) is 9.97 Å². The molecule has 3 N–H and O–H groups in total. The van der Waals surface area contributed by atoms with E-state index in [0.717, 1.165) is 35.3 Å². The number of hydrogen-bond acceptors (Lipinski definition) is 2. The zero-order valence-electron chi connectivity index (χ0n) is 10.8. The van der Waals surface area contributed by atoms with E-state index >= 15 is 0 Å². The summed E-state index contributed by atoms with van der Waals surface area (Å²) in [5, 5.41) is 0. The second-order valence-electron chi connectivity index (χ2n) is 4.69. The summed E-state index contributed by atoms with van der Waals surface area (Å²) in [6.07, 6.45) is 1.92. The molecule has 3 nitrogen and oxygen atoms in total. The molecular weight excluding hydrogens is 234 g/mol. The van der Waals surface area contributed by atoms with Crippen LogP contribution in [-0.4, -0.2) is 9.97 Å². The van der Waals surface area contributed by atoms with Crippen LogP contribution in [0.3, 0.4) is 0 Å². The molecule has 1 heterocycles. The average Bonchev–Trinajstić information content (AvgIpc) is 2.89. The molecular formula is C16H17N3. The number of hydrogen-bond donors (Lipinski definition) is 2. The van der Waals surface area contributed by atoms with Crippen molar-refractivity contribution in [3.8, 4) is 0 Å². The molecule has 2 aromatic carbocycles. The van der Waals surface area contributed by atoms with Crippen molar-refractivity contribution in [2.75, 3.05) is 0 Å². The fourth-order valence-corrected chi connectivity index (χ4v) is 2.33. The maximum Gasteiger partial charge on any atom is 0.107 e. The van der Waals surface area contributed by atoms with Crippen molar-refractivity contribution in [3.05, 3.63) is 65.5 Å². The van der Waals surface area contributed by atoms with E-state index in [1.165, 1.54) is 5.56 Å². The number of aryl methyl sites for hydroxylation is 2. The Balaban J connectivity index is 1.82. The van der Waals surface area contributed by atoms with Crippen LogP contribution in [0, 0.1) is 0 Å². The summed E-state index contributed by atoms with van der Waals surface area (Å²) >= 11 is 0. The van der Waals surface area contributed by atoms with Gasteiger partial charge in [-0.25, -0.2) is 4.98 Å². The number of rotatable bonds is 4. The lowest BCUT2D eigenvalue weighted by atomic mass is 10.1. The van der Waals surface area contributed by atoms with Crippen LogP contribution in [0.5, 0.6) is 0 Å². The second-order valence-corrected chi connectivity index (χ2v) is 4.69. The highest BCUT2D eigenvalue weighted by molar-refractivity contribution is 5.78. The standard InChI is InChI=1S/C16H17N3/c17-11-13-7-4-8-14-16(13)19-15(18-14)10-9-12-5-2-1-3-6-12/h1-8H,9-11,17H2,(H,18,19). The average molecular weight is 251 g/mol. The van der Waals surface area contributed by atoms with E-state index in [4.69, 9.17) is 5.73 Å². The van der Waals surface area contributed by atoms with Crippen molar-refractivity contribution in [3.63, 3.8) is 0 Å². The SMILES string of the molecule is NCc1cccc2[nH]c(CCc3ccccc3)nc12. The fraction of sp³-hybridized carbons (Fsp3) is 0.188. The van der Waals surface area contributed by atoms with Gasteiger partial charge in [0.15, 0.2) is 0 Å². The molecule has 1 aromatic heterocycles. The first-order chi connectivity index (χ1) is 9.36. The third-order valence-corrected chi connectivity index (χ3v) is 3.36. The predicted molar refractivity (Wildman–Crippen MR) is 77.8 cm³/mol. The molecule has 0 atom stereocenters. The van der Waals surface area contributed by atoms with Gasteiger partial charge in [0, 0.05) is 13.0 Å². The van der Waals surface area contributed by atoms with Gasteiger partial charge in [-0.05, 0) is 23.6 Å². The van der Waals surface area contributed by atoms with Crippen LogP contribution in [0.25, 0.3) is 11.0 Å². The van der Waals surface area contributed by atoms with E-state index in [1.807, 2.05) is 24.3 Å². The van der Waals surface area contributed by atoms with Gasteiger partial charge in [0.05, 0.1) is 11.0 Å². The van der Waals surface area contributed by atoms with Gasteiger partial charge in [-0.2, -0.15) is 0 Å². The maximum atomic E-state index is 5.74. The van der Waals surface area contributed by atoms with E-state index in [0.29, 0.717) is 6.54 Å². The number of para-hydroxylation sites is 1. The topological polar surface area (TPSA) is 54.7 Å². The van der Waals surface area contributed by atoms with Crippen molar-refractivity contribution >= 4 is 11.0 Å². The second kappa shape index (κ2) is 5.24. The first-order valence-corrected chi connectivity index (χ1v) is 6.57. The summed E-state index contributed by atoms with van der Waals surface area (Å²) in [6.45, 7) is 0.528. The summed E-state index contributed by atoms with van der Waals surface area (Å²) in [6, 6.07) is 16.6. The van der Waals surface area contributed by atoms with E-state index in [-0.39, 0.29) is 0 Å². The first-order valence-electron chi connectivity index (χ1n) is 6.57. The largest absolute Gasteiger partial charge is 0.342 e. The van der Waals surface area contributed by atoms with Gasteiger partial charge in [-0.1, -0.05) is 42.5 Å². The maximum absolute atomic E-state index is 5.74. The number of nitrogens with two attached hydrogens (primary N) is 1. The number of benzene rings is 2. The van der Waals surface area contributed by atoms with E-state index in [1.54, 1.807) is 0 Å². The predicted octanol–water partition coefficient (Wildman–Crippen LogP) is 2.81. The summed E-state index contributed by atoms with van der Waals surface area (Å²) in [7, 11) is 0. The van der Waals surface area contributed by atoms with Crippen molar-refractivity contribution in [2.24, 2.45) is 5.73 Å². The zero-order valence-corrected chi connectivity index (χ0v) is 10.8. The number of nitrogens with one attached hydrogen (secondary N) is 1. The molecule has 0 bridgehead atoms. The monoisotopic (exact) mass is 251 g/mol. The number of aromatic amines is 1. The van der Waals surface area contributed by atoms with Gasteiger partial charge < -0.3 is 10.7 Å².